The number of ether oxygens (including phenoxy) is 2. The lowest BCUT2D eigenvalue weighted by molar-refractivity contribution is 0.0949. The molecule has 0 fully saturated rings. The summed E-state index contributed by atoms with van der Waals surface area (Å²) in [4.78, 5) is 12.9. The highest BCUT2D eigenvalue weighted by Gasteiger charge is 2.17. The van der Waals surface area contributed by atoms with E-state index >= 15 is 0 Å². The van der Waals surface area contributed by atoms with E-state index in [1.54, 1.807) is 23.0 Å². The van der Waals surface area contributed by atoms with Crippen LogP contribution in [0.15, 0.2) is 114 Å². The molecular weight excluding hydrogens is 464 g/mol. The van der Waals surface area contributed by atoms with E-state index < -0.39 is 5.91 Å². The molecule has 5 aromatic rings. The first kappa shape index (κ1) is 22.3. The standard InChI is InChI=1S/C30H22N4O3/c35-30(32-31-19-21-11-16-28-29(17-21)37-20-36-28)26-18-27(34(33-26)25-9-5-2-6-10-25)24-14-12-23(13-15-24)22-7-3-1-4-8-22/h1-19H,20H2,(H,32,35)/b31-19-. The van der Waals surface area contributed by atoms with Gasteiger partial charge in [-0.1, -0.05) is 72.8 Å². The monoisotopic (exact) mass is 486 g/mol. The molecular formula is C30H22N4O3. The first-order valence-corrected chi connectivity index (χ1v) is 11.8. The number of rotatable bonds is 6. The summed E-state index contributed by atoms with van der Waals surface area (Å²) in [6.45, 7) is 0.202. The first-order valence-electron chi connectivity index (χ1n) is 11.8. The van der Waals surface area contributed by atoms with Gasteiger partial charge in [0.15, 0.2) is 17.2 Å². The third-order valence-corrected chi connectivity index (χ3v) is 6.01. The molecule has 0 bridgehead atoms. The first-order chi connectivity index (χ1) is 18.2. The van der Waals surface area contributed by atoms with Gasteiger partial charge in [-0.05, 0) is 53.1 Å². The summed E-state index contributed by atoms with van der Waals surface area (Å²) >= 11 is 0. The zero-order chi connectivity index (χ0) is 25.0. The maximum absolute atomic E-state index is 12.9. The second-order valence-corrected chi connectivity index (χ2v) is 8.42. The smallest absolute Gasteiger partial charge is 0.291 e. The van der Waals surface area contributed by atoms with E-state index in [1.165, 1.54) is 0 Å². The molecule has 1 N–H and O–H groups in total. The molecule has 7 heteroatoms. The molecule has 0 radical (unpaired) electrons. The van der Waals surface area contributed by atoms with Crippen molar-refractivity contribution in [1.29, 1.82) is 0 Å². The van der Waals surface area contributed by atoms with Crippen molar-refractivity contribution in [3.63, 3.8) is 0 Å². The zero-order valence-corrected chi connectivity index (χ0v) is 19.7. The second kappa shape index (κ2) is 9.83. The van der Waals surface area contributed by atoms with Gasteiger partial charge in [0, 0.05) is 5.56 Å². The predicted octanol–water partition coefficient (Wildman–Crippen LogP) is 5.70. The van der Waals surface area contributed by atoms with Crippen molar-refractivity contribution in [3.05, 3.63) is 120 Å². The molecule has 1 amide bonds. The number of carbonyl (C=O) groups is 1. The Hall–Kier alpha value is -5.17. The van der Waals surface area contributed by atoms with Gasteiger partial charge in [0.25, 0.3) is 5.91 Å². The lowest BCUT2D eigenvalue weighted by Crippen LogP contribution is -2.18. The predicted molar refractivity (Wildman–Crippen MR) is 142 cm³/mol. The number of aromatic nitrogens is 2. The Labute approximate surface area is 213 Å². The quantitative estimate of drug-likeness (QED) is 0.247. The van der Waals surface area contributed by atoms with Crippen LogP contribution >= 0.6 is 0 Å². The summed E-state index contributed by atoms with van der Waals surface area (Å²) in [7, 11) is 0. The third-order valence-electron chi connectivity index (χ3n) is 6.01. The van der Waals surface area contributed by atoms with Gasteiger partial charge in [-0.2, -0.15) is 10.2 Å². The zero-order valence-electron chi connectivity index (χ0n) is 19.7. The molecule has 1 aromatic heterocycles. The molecule has 0 saturated heterocycles. The van der Waals surface area contributed by atoms with Crippen LogP contribution in [0.5, 0.6) is 11.5 Å². The van der Waals surface area contributed by atoms with E-state index in [4.69, 9.17) is 9.47 Å². The lowest BCUT2D eigenvalue weighted by atomic mass is 10.0. The normalized spacial score (nSPS) is 12.1. The van der Waals surface area contributed by atoms with E-state index in [0.29, 0.717) is 11.5 Å². The van der Waals surface area contributed by atoms with E-state index in [9.17, 15) is 4.79 Å². The molecule has 1 aliphatic rings. The molecule has 0 atom stereocenters. The number of hydrogen-bond donors (Lipinski definition) is 1. The fourth-order valence-corrected chi connectivity index (χ4v) is 4.14. The Morgan fingerprint density at radius 3 is 2.24 bits per heavy atom. The van der Waals surface area contributed by atoms with E-state index in [2.05, 4.69) is 39.9 Å². The topological polar surface area (TPSA) is 77.7 Å². The van der Waals surface area contributed by atoms with Crippen molar-refractivity contribution in [2.24, 2.45) is 5.10 Å². The maximum Gasteiger partial charge on any atom is 0.291 e. The molecule has 0 unspecified atom stereocenters. The number of nitrogens with zero attached hydrogens (tertiary/aromatic N) is 3. The summed E-state index contributed by atoms with van der Waals surface area (Å²) in [6.07, 6.45) is 1.55. The molecule has 0 aliphatic carbocycles. The van der Waals surface area contributed by atoms with Crippen LogP contribution in [-0.4, -0.2) is 28.7 Å². The molecule has 0 saturated carbocycles. The number of fused-ring (bicyclic) bond motifs is 1. The number of benzene rings is 4. The highest BCUT2D eigenvalue weighted by atomic mass is 16.7. The van der Waals surface area contributed by atoms with Gasteiger partial charge in [-0.25, -0.2) is 10.1 Å². The summed E-state index contributed by atoms with van der Waals surface area (Å²) in [5.41, 5.74) is 8.47. The van der Waals surface area contributed by atoms with Gasteiger partial charge < -0.3 is 9.47 Å². The van der Waals surface area contributed by atoms with Crippen LogP contribution < -0.4 is 14.9 Å². The van der Waals surface area contributed by atoms with Crippen molar-refractivity contribution in [1.82, 2.24) is 15.2 Å². The maximum atomic E-state index is 12.9. The Bertz CT molecular complexity index is 1580. The molecule has 180 valence electrons. The Kier molecular flexibility index (Phi) is 5.93. The third kappa shape index (κ3) is 4.70. The number of hydrazone groups is 1. The highest BCUT2D eigenvalue weighted by molar-refractivity contribution is 5.94. The number of hydrogen-bond acceptors (Lipinski definition) is 5. The highest BCUT2D eigenvalue weighted by Crippen LogP contribution is 2.32. The number of para-hydroxylation sites is 1. The van der Waals surface area contributed by atoms with Crippen molar-refractivity contribution >= 4 is 12.1 Å². The Morgan fingerprint density at radius 2 is 1.46 bits per heavy atom. The van der Waals surface area contributed by atoms with Crippen LogP contribution in [0.2, 0.25) is 0 Å². The van der Waals surface area contributed by atoms with Crippen LogP contribution in [0.3, 0.4) is 0 Å². The SMILES string of the molecule is O=C(N/N=C\c1ccc2c(c1)OCO2)c1cc(-c2ccc(-c3ccccc3)cc2)n(-c2ccccc2)n1. The number of carbonyl (C=O) groups excluding carboxylic acids is 1. The van der Waals surface area contributed by atoms with E-state index in [-0.39, 0.29) is 12.5 Å². The molecule has 4 aromatic carbocycles. The van der Waals surface area contributed by atoms with Gasteiger partial charge in [0.05, 0.1) is 17.6 Å². The van der Waals surface area contributed by atoms with Crippen LogP contribution in [0.25, 0.3) is 28.1 Å². The molecule has 0 spiro atoms. The van der Waals surface area contributed by atoms with Crippen molar-refractivity contribution < 1.29 is 14.3 Å². The fraction of sp³-hybridized carbons (Fsp3) is 0.0333. The fourth-order valence-electron chi connectivity index (χ4n) is 4.14. The number of amides is 1. The lowest BCUT2D eigenvalue weighted by Gasteiger charge is -2.08. The molecule has 6 rings (SSSR count). The van der Waals surface area contributed by atoms with Gasteiger partial charge >= 0.3 is 0 Å². The second-order valence-electron chi connectivity index (χ2n) is 8.42. The van der Waals surface area contributed by atoms with Crippen molar-refractivity contribution in [3.8, 4) is 39.6 Å². The summed E-state index contributed by atoms with van der Waals surface area (Å²) in [5.74, 6) is 0.936. The summed E-state index contributed by atoms with van der Waals surface area (Å²) < 4.78 is 12.5. The van der Waals surface area contributed by atoms with Gasteiger partial charge in [0.2, 0.25) is 6.79 Å². The van der Waals surface area contributed by atoms with Gasteiger partial charge in [-0.15, -0.1) is 0 Å². The molecule has 1 aliphatic heterocycles. The van der Waals surface area contributed by atoms with Crippen LogP contribution in [-0.2, 0) is 0 Å². The van der Waals surface area contributed by atoms with Gasteiger partial charge in [0.1, 0.15) is 0 Å². The van der Waals surface area contributed by atoms with E-state index in [1.807, 2.05) is 72.8 Å². The number of nitrogens with one attached hydrogen (secondary N) is 1. The average Bonchev–Trinajstić information content (AvgIpc) is 3.62. The largest absolute Gasteiger partial charge is 0.454 e. The van der Waals surface area contributed by atoms with Crippen LogP contribution in [0.4, 0.5) is 0 Å². The average molecular weight is 487 g/mol. The Morgan fingerprint density at radius 1 is 0.784 bits per heavy atom. The van der Waals surface area contributed by atoms with E-state index in [0.717, 1.165) is 33.6 Å². The Balaban J connectivity index is 1.27. The minimum absolute atomic E-state index is 0.202. The minimum atomic E-state index is -0.408. The molecule has 7 nitrogen and oxygen atoms in total. The van der Waals surface area contributed by atoms with Crippen molar-refractivity contribution in [2.75, 3.05) is 6.79 Å². The van der Waals surface area contributed by atoms with Gasteiger partial charge in [-0.3, -0.25) is 4.79 Å². The summed E-state index contributed by atoms with van der Waals surface area (Å²) in [6, 6.07) is 35.4. The molecule has 2 heterocycles. The van der Waals surface area contributed by atoms with Crippen LogP contribution in [0, 0.1) is 0 Å². The minimum Gasteiger partial charge on any atom is -0.454 e. The molecule has 37 heavy (non-hydrogen) atoms. The summed E-state index contributed by atoms with van der Waals surface area (Å²) in [5, 5.41) is 8.71. The van der Waals surface area contributed by atoms with Crippen LogP contribution in [0.1, 0.15) is 16.1 Å². The van der Waals surface area contributed by atoms with Crippen molar-refractivity contribution in [2.45, 2.75) is 0 Å².